The molecule has 5 nitrogen and oxygen atoms in total. The summed E-state index contributed by atoms with van der Waals surface area (Å²) in [4.78, 5) is 15.6. The van der Waals surface area contributed by atoms with Crippen molar-refractivity contribution in [3.63, 3.8) is 0 Å². The number of benzene rings is 11. The molecular formula is C63H39N5. The third-order valence-corrected chi connectivity index (χ3v) is 13.8. The van der Waals surface area contributed by atoms with Crippen LogP contribution in [0.4, 0.5) is 0 Å². The fourth-order valence-corrected chi connectivity index (χ4v) is 10.7. The van der Waals surface area contributed by atoms with Crippen LogP contribution < -0.4 is 0 Å². The van der Waals surface area contributed by atoms with Crippen molar-refractivity contribution in [2.75, 3.05) is 0 Å². The van der Waals surface area contributed by atoms with Crippen molar-refractivity contribution < 1.29 is 0 Å². The van der Waals surface area contributed by atoms with Crippen LogP contribution in [0.25, 0.3) is 133 Å². The Morgan fingerprint density at radius 2 is 0.750 bits per heavy atom. The second-order valence-electron chi connectivity index (χ2n) is 17.5. The summed E-state index contributed by atoms with van der Waals surface area (Å²) in [6.07, 6.45) is 0. The Balaban J connectivity index is 1.03. The number of hydrogen-bond donors (Lipinski definition) is 0. The van der Waals surface area contributed by atoms with Gasteiger partial charge in [0, 0.05) is 38.4 Å². The van der Waals surface area contributed by atoms with E-state index in [1.807, 2.05) is 36.4 Å². The maximum absolute atomic E-state index is 5.29. The first-order valence-corrected chi connectivity index (χ1v) is 23.1. The second-order valence-corrected chi connectivity index (χ2v) is 17.5. The van der Waals surface area contributed by atoms with E-state index in [-0.39, 0.29) is 0 Å². The highest BCUT2D eigenvalue weighted by Gasteiger charge is 2.24. The van der Waals surface area contributed by atoms with Crippen LogP contribution in [0.2, 0.25) is 0 Å². The minimum Gasteiger partial charge on any atom is -0.309 e. The first-order chi connectivity index (χ1) is 33.7. The lowest BCUT2D eigenvalue weighted by molar-refractivity contribution is 0.955. The molecule has 0 spiro atoms. The zero-order valence-electron chi connectivity index (χ0n) is 36.8. The molecule has 11 aromatic carbocycles. The van der Waals surface area contributed by atoms with Gasteiger partial charge in [-0.1, -0.05) is 200 Å². The number of rotatable bonds is 6. The average molecular weight is 866 g/mol. The number of hydrogen-bond acceptors (Lipinski definition) is 3. The molecule has 14 rings (SSSR count). The molecule has 0 saturated carbocycles. The standard InChI is InChI=1S/C63H39N5/c1-4-18-40(19-5-1)54-39-44(33-35-45(54)43-32-34-50-48-26-11-10-24-46(48)47-25-12-13-27-49(47)55(50)38-43)67-57-31-17-15-29-53(57)59-58(67)37-36-52-51-28-14-16-30-56(51)68(60(52)59)63-65-61(41-20-6-2-7-21-41)64-62(66-63)42-22-8-3-9-23-42/h1-39H. The monoisotopic (exact) mass is 865 g/mol. The summed E-state index contributed by atoms with van der Waals surface area (Å²) in [5, 5.41) is 12.2. The average Bonchev–Trinajstić information content (AvgIpc) is 3.94. The predicted octanol–water partition coefficient (Wildman–Crippen LogP) is 16.2. The van der Waals surface area contributed by atoms with Gasteiger partial charge < -0.3 is 4.57 Å². The molecular weight excluding hydrogens is 827 g/mol. The van der Waals surface area contributed by atoms with Gasteiger partial charge in [0.2, 0.25) is 5.95 Å². The smallest absolute Gasteiger partial charge is 0.238 e. The second kappa shape index (κ2) is 15.2. The van der Waals surface area contributed by atoms with Gasteiger partial charge in [0.1, 0.15) is 0 Å². The first-order valence-electron chi connectivity index (χ1n) is 23.1. The van der Waals surface area contributed by atoms with Crippen LogP contribution in [0.15, 0.2) is 237 Å². The largest absolute Gasteiger partial charge is 0.309 e. The van der Waals surface area contributed by atoms with Crippen molar-refractivity contribution >= 4 is 75.9 Å². The number of fused-ring (bicyclic) bond motifs is 13. The van der Waals surface area contributed by atoms with Crippen molar-refractivity contribution in [2.45, 2.75) is 0 Å². The van der Waals surface area contributed by atoms with Crippen LogP contribution >= 0.6 is 0 Å². The molecule has 3 heterocycles. The molecule has 0 unspecified atom stereocenters. The quantitative estimate of drug-likeness (QED) is 0.156. The van der Waals surface area contributed by atoms with Gasteiger partial charge in [-0.2, -0.15) is 9.97 Å². The Labute approximate surface area is 391 Å². The SMILES string of the molecule is c1ccc(-c2nc(-c3ccccc3)nc(-n3c4ccccc4c4ccc5c(c6ccccc6n5-c5ccc(-c6ccc7c8ccccc8c8ccccc8c7c6)c(-c6ccccc6)c5)c43)n2)cc1. The van der Waals surface area contributed by atoms with Crippen LogP contribution in [0.3, 0.4) is 0 Å². The molecule has 0 amide bonds. The summed E-state index contributed by atoms with van der Waals surface area (Å²) in [6, 6.07) is 84.8. The van der Waals surface area contributed by atoms with E-state index in [1.54, 1.807) is 0 Å². The van der Waals surface area contributed by atoms with Crippen molar-refractivity contribution in [1.82, 2.24) is 24.1 Å². The number of para-hydroxylation sites is 2. The Morgan fingerprint density at radius 3 is 1.37 bits per heavy atom. The molecule has 0 aliphatic rings. The Bertz CT molecular complexity index is 4210. The van der Waals surface area contributed by atoms with Crippen LogP contribution in [-0.4, -0.2) is 24.1 Å². The van der Waals surface area contributed by atoms with E-state index < -0.39 is 0 Å². The van der Waals surface area contributed by atoms with Crippen molar-refractivity contribution in [3.8, 4) is 56.7 Å². The third-order valence-electron chi connectivity index (χ3n) is 13.8. The van der Waals surface area contributed by atoms with Gasteiger partial charge in [-0.25, -0.2) is 4.98 Å². The summed E-state index contributed by atoms with van der Waals surface area (Å²) in [5.41, 5.74) is 11.9. The van der Waals surface area contributed by atoms with E-state index in [2.05, 4.69) is 209 Å². The summed E-state index contributed by atoms with van der Waals surface area (Å²) < 4.78 is 4.69. The first kappa shape index (κ1) is 38.1. The Kier molecular flexibility index (Phi) is 8.52. The van der Waals surface area contributed by atoms with Gasteiger partial charge in [0.05, 0.1) is 22.1 Å². The highest BCUT2D eigenvalue weighted by molar-refractivity contribution is 6.27. The molecule has 3 aromatic heterocycles. The lowest BCUT2D eigenvalue weighted by Gasteiger charge is -2.17. The van der Waals surface area contributed by atoms with E-state index in [4.69, 9.17) is 15.0 Å². The van der Waals surface area contributed by atoms with Crippen LogP contribution in [0, 0.1) is 0 Å². The molecule has 316 valence electrons. The highest BCUT2D eigenvalue weighted by Crippen LogP contribution is 2.44. The molecule has 0 saturated heterocycles. The summed E-state index contributed by atoms with van der Waals surface area (Å²) >= 11 is 0. The maximum atomic E-state index is 5.29. The molecule has 0 aliphatic heterocycles. The van der Waals surface area contributed by atoms with Gasteiger partial charge in [-0.05, 0) is 91.0 Å². The third kappa shape index (κ3) is 5.86. The van der Waals surface area contributed by atoms with Gasteiger partial charge in [0.25, 0.3) is 0 Å². The zero-order chi connectivity index (χ0) is 44.7. The number of aromatic nitrogens is 5. The molecule has 0 bridgehead atoms. The van der Waals surface area contributed by atoms with Crippen molar-refractivity contribution in [1.29, 1.82) is 0 Å². The van der Waals surface area contributed by atoms with Gasteiger partial charge >= 0.3 is 0 Å². The van der Waals surface area contributed by atoms with E-state index in [0.29, 0.717) is 17.6 Å². The Hall–Kier alpha value is -9.19. The minimum atomic E-state index is 0.570. The lowest BCUT2D eigenvalue weighted by atomic mass is 9.89. The van der Waals surface area contributed by atoms with Gasteiger partial charge in [0.15, 0.2) is 11.6 Å². The van der Waals surface area contributed by atoms with E-state index in [9.17, 15) is 0 Å². The zero-order valence-corrected chi connectivity index (χ0v) is 36.8. The predicted molar refractivity (Wildman–Crippen MR) is 283 cm³/mol. The van der Waals surface area contributed by atoms with E-state index in [1.165, 1.54) is 49.0 Å². The molecule has 0 radical (unpaired) electrons. The van der Waals surface area contributed by atoms with Gasteiger partial charge in [-0.15, -0.1) is 0 Å². The molecule has 0 atom stereocenters. The van der Waals surface area contributed by atoms with Gasteiger partial charge in [-0.3, -0.25) is 4.57 Å². The van der Waals surface area contributed by atoms with Crippen molar-refractivity contribution in [2.24, 2.45) is 0 Å². The summed E-state index contributed by atoms with van der Waals surface area (Å²) in [5.74, 6) is 1.81. The normalized spacial score (nSPS) is 11.8. The molecule has 5 heteroatoms. The van der Waals surface area contributed by atoms with Crippen LogP contribution in [0.5, 0.6) is 0 Å². The summed E-state index contributed by atoms with van der Waals surface area (Å²) in [6.45, 7) is 0. The fourth-order valence-electron chi connectivity index (χ4n) is 10.7. The summed E-state index contributed by atoms with van der Waals surface area (Å²) in [7, 11) is 0. The van der Waals surface area contributed by atoms with Crippen molar-refractivity contribution in [3.05, 3.63) is 237 Å². The Morgan fingerprint density at radius 1 is 0.265 bits per heavy atom. The molecule has 0 N–H and O–H groups in total. The molecule has 14 aromatic rings. The fraction of sp³-hybridized carbons (Fsp3) is 0. The van der Waals surface area contributed by atoms with Crippen LogP contribution in [0.1, 0.15) is 0 Å². The van der Waals surface area contributed by atoms with E-state index in [0.717, 1.165) is 66.0 Å². The minimum absolute atomic E-state index is 0.570. The van der Waals surface area contributed by atoms with E-state index >= 15 is 0 Å². The molecule has 0 fully saturated rings. The molecule has 68 heavy (non-hydrogen) atoms. The maximum Gasteiger partial charge on any atom is 0.238 e. The topological polar surface area (TPSA) is 48.5 Å². The lowest BCUT2D eigenvalue weighted by Crippen LogP contribution is -2.06. The van der Waals surface area contributed by atoms with Crippen LogP contribution in [-0.2, 0) is 0 Å². The highest BCUT2D eigenvalue weighted by atomic mass is 15.2. The molecule has 0 aliphatic carbocycles. The number of nitrogens with zero attached hydrogens (tertiary/aromatic N) is 5.